The van der Waals surface area contributed by atoms with Crippen molar-refractivity contribution < 1.29 is 13.7 Å². The van der Waals surface area contributed by atoms with Crippen LogP contribution in [0, 0.1) is 5.82 Å². The molecule has 0 radical (unpaired) electrons. The average Bonchev–Trinajstić information content (AvgIpc) is 2.92. The molecule has 0 spiro atoms. The second-order valence-corrected chi connectivity index (χ2v) is 5.08. The van der Waals surface area contributed by atoms with E-state index >= 15 is 0 Å². The van der Waals surface area contributed by atoms with Gasteiger partial charge in [-0.2, -0.15) is 4.98 Å². The van der Waals surface area contributed by atoms with Gasteiger partial charge in [0.2, 0.25) is 11.8 Å². The zero-order chi connectivity index (χ0) is 15.9. The van der Waals surface area contributed by atoms with Gasteiger partial charge in [-0.3, -0.25) is 4.79 Å². The first-order valence-electron chi connectivity index (χ1n) is 7.06. The summed E-state index contributed by atoms with van der Waals surface area (Å²) in [6.07, 6.45) is 0.757. The number of nitrogens with one attached hydrogen (secondary N) is 2. The van der Waals surface area contributed by atoms with E-state index in [1.165, 1.54) is 12.1 Å². The summed E-state index contributed by atoms with van der Waals surface area (Å²) in [6, 6.07) is 6.20. The minimum absolute atomic E-state index is 0.107. The highest BCUT2D eigenvalue weighted by Gasteiger charge is 2.11. The number of nitrogens with zero attached hydrogens (tertiary/aromatic N) is 2. The van der Waals surface area contributed by atoms with E-state index in [0.717, 1.165) is 0 Å². The number of benzene rings is 1. The van der Waals surface area contributed by atoms with Gasteiger partial charge in [-0.25, -0.2) is 4.39 Å². The fourth-order valence-corrected chi connectivity index (χ4v) is 1.89. The van der Waals surface area contributed by atoms with Crippen LogP contribution in [0.4, 0.5) is 4.39 Å². The molecule has 0 aliphatic heterocycles. The fourth-order valence-electron chi connectivity index (χ4n) is 1.89. The van der Waals surface area contributed by atoms with Gasteiger partial charge in [0.15, 0.2) is 5.82 Å². The summed E-state index contributed by atoms with van der Waals surface area (Å²) in [5.41, 5.74) is 0.617. The number of likely N-dealkylation sites (N-methyl/N-ethyl adjacent to an activating group) is 1. The Labute approximate surface area is 128 Å². The third-order valence-electron chi connectivity index (χ3n) is 3.18. The molecule has 6 nitrogen and oxygen atoms in total. The summed E-state index contributed by atoms with van der Waals surface area (Å²) in [7, 11) is 1.86. The molecule has 0 saturated carbocycles. The van der Waals surface area contributed by atoms with Crippen molar-refractivity contribution in [3.05, 3.63) is 47.4 Å². The van der Waals surface area contributed by atoms with Crippen LogP contribution in [0.2, 0.25) is 0 Å². The fraction of sp³-hybridized carbons (Fsp3) is 0.400. The van der Waals surface area contributed by atoms with E-state index in [0.29, 0.717) is 23.7 Å². The number of rotatable bonds is 7. The van der Waals surface area contributed by atoms with E-state index in [1.807, 2.05) is 14.0 Å². The smallest absolute Gasteiger partial charge is 0.246 e. The van der Waals surface area contributed by atoms with Crippen molar-refractivity contribution in [1.82, 2.24) is 20.8 Å². The lowest BCUT2D eigenvalue weighted by atomic mass is 10.1. The Balaban J connectivity index is 1.81. The molecule has 1 heterocycles. The molecule has 1 aromatic carbocycles. The van der Waals surface area contributed by atoms with Crippen molar-refractivity contribution in [2.45, 2.75) is 32.4 Å². The third-order valence-corrected chi connectivity index (χ3v) is 3.18. The largest absolute Gasteiger partial charge is 0.347 e. The predicted molar refractivity (Wildman–Crippen MR) is 78.5 cm³/mol. The molecule has 1 atom stereocenters. The summed E-state index contributed by atoms with van der Waals surface area (Å²) in [4.78, 5) is 16.0. The number of carbonyl (C=O) groups is 1. The van der Waals surface area contributed by atoms with Crippen LogP contribution in [0.5, 0.6) is 0 Å². The second-order valence-electron chi connectivity index (χ2n) is 5.08. The number of hydrogen-bond acceptors (Lipinski definition) is 5. The Morgan fingerprint density at radius 3 is 3.00 bits per heavy atom. The summed E-state index contributed by atoms with van der Waals surface area (Å²) in [5, 5.41) is 9.61. The van der Waals surface area contributed by atoms with Crippen LogP contribution in [-0.2, 0) is 24.2 Å². The lowest BCUT2D eigenvalue weighted by molar-refractivity contribution is -0.120. The normalized spacial score (nSPS) is 12.1. The van der Waals surface area contributed by atoms with Crippen LogP contribution in [0.25, 0.3) is 0 Å². The van der Waals surface area contributed by atoms with Gasteiger partial charge in [0.25, 0.3) is 0 Å². The minimum Gasteiger partial charge on any atom is -0.347 e. The van der Waals surface area contributed by atoms with Crippen molar-refractivity contribution >= 4 is 5.91 Å². The standard InChI is InChI=1S/C15H19FN4O2/c1-10(17-2)6-13-19-15(22-20-13)9-18-14(21)8-11-4-3-5-12(16)7-11/h3-5,7,10,17H,6,8-9H2,1-2H3,(H,18,21). The topological polar surface area (TPSA) is 80.0 Å². The average molecular weight is 306 g/mol. The molecule has 1 amide bonds. The highest BCUT2D eigenvalue weighted by molar-refractivity contribution is 5.78. The molecule has 118 valence electrons. The molecule has 0 saturated heterocycles. The highest BCUT2D eigenvalue weighted by atomic mass is 19.1. The van der Waals surface area contributed by atoms with Gasteiger partial charge in [-0.05, 0) is 31.7 Å². The van der Waals surface area contributed by atoms with E-state index in [-0.39, 0.29) is 30.7 Å². The van der Waals surface area contributed by atoms with Crippen LogP contribution in [-0.4, -0.2) is 29.1 Å². The highest BCUT2D eigenvalue weighted by Crippen LogP contribution is 2.05. The predicted octanol–water partition coefficient (Wildman–Crippen LogP) is 1.22. The lowest BCUT2D eigenvalue weighted by Gasteiger charge is -2.04. The second kappa shape index (κ2) is 7.65. The number of aromatic nitrogens is 2. The SMILES string of the molecule is CNC(C)Cc1noc(CNC(=O)Cc2cccc(F)c2)n1. The molecule has 22 heavy (non-hydrogen) atoms. The Bertz CT molecular complexity index is 630. The summed E-state index contributed by atoms with van der Waals surface area (Å²) in [6.45, 7) is 2.17. The molecule has 0 fully saturated rings. The Kier molecular flexibility index (Phi) is 5.60. The van der Waals surface area contributed by atoms with Crippen LogP contribution in [0.15, 0.2) is 28.8 Å². The Hall–Kier alpha value is -2.28. The molecule has 0 bridgehead atoms. The molecule has 1 unspecified atom stereocenters. The van der Waals surface area contributed by atoms with E-state index in [9.17, 15) is 9.18 Å². The summed E-state index contributed by atoms with van der Waals surface area (Å²) >= 11 is 0. The van der Waals surface area contributed by atoms with Crippen molar-refractivity contribution in [3.8, 4) is 0 Å². The Morgan fingerprint density at radius 1 is 1.45 bits per heavy atom. The van der Waals surface area contributed by atoms with Crippen LogP contribution < -0.4 is 10.6 Å². The first kappa shape index (κ1) is 16.1. The monoisotopic (exact) mass is 306 g/mol. The maximum Gasteiger partial charge on any atom is 0.246 e. The van der Waals surface area contributed by atoms with Gasteiger partial charge in [-0.15, -0.1) is 0 Å². The van der Waals surface area contributed by atoms with Crippen LogP contribution in [0.3, 0.4) is 0 Å². The lowest BCUT2D eigenvalue weighted by Crippen LogP contribution is -2.25. The summed E-state index contributed by atoms with van der Waals surface area (Å²) in [5.74, 6) is 0.363. The van der Waals surface area contributed by atoms with Gasteiger partial charge in [0.05, 0.1) is 13.0 Å². The first-order valence-corrected chi connectivity index (χ1v) is 7.06. The third kappa shape index (κ3) is 4.92. The first-order chi connectivity index (χ1) is 10.6. The molecule has 2 N–H and O–H groups in total. The number of amides is 1. The van der Waals surface area contributed by atoms with Crippen molar-refractivity contribution in [3.63, 3.8) is 0 Å². The number of hydrogen-bond donors (Lipinski definition) is 2. The molecule has 1 aromatic heterocycles. The minimum atomic E-state index is -0.356. The van der Waals surface area contributed by atoms with Crippen LogP contribution >= 0.6 is 0 Å². The number of halogens is 1. The van der Waals surface area contributed by atoms with Gasteiger partial charge >= 0.3 is 0 Å². The maximum atomic E-state index is 13.0. The quantitative estimate of drug-likeness (QED) is 0.804. The van der Waals surface area contributed by atoms with E-state index < -0.39 is 0 Å². The van der Waals surface area contributed by atoms with Gasteiger partial charge in [0.1, 0.15) is 5.82 Å². The van der Waals surface area contributed by atoms with Crippen molar-refractivity contribution in [2.24, 2.45) is 0 Å². The van der Waals surface area contributed by atoms with Gasteiger partial charge < -0.3 is 15.2 Å². The molecule has 2 rings (SSSR count). The zero-order valence-corrected chi connectivity index (χ0v) is 12.6. The van der Waals surface area contributed by atoms with Crippen LogP contribution in [0.1, 0.15) is 24.2 Å². The van der Waals surface area contributed by atoms with Crippen molar-refractivity contribution in [1.29, 1.82) is 0 Å². The molecule has 0 aliphatic carbocycles. The van der Waals surface area contributed by atoms with Gasteiger partial charge in [-0.1, -0.05) is 17.3 Å². The molecular formula is C15H19FN4O2. The molecular weight excluding hydrogens is 287 g/mol. The maximum absolute atomic E-state index is 13.0. The molecule has 7 heteroatoms. The van der Waals surface area contributed by atoms with E-state index in [2.05, 4.69) is 20.8 Å². The number of carbonyl (C=O) groups excluding carboxylic acids is 1. The molecule has 2 aromatic rings. The van der Waals surface area contributed by atoms with E-state index in [1.54, 1.807) is 12.1 Å². The zero-order valence-electron chi connectivity index (χ0n) is 12.6. The Morgan fingerprint density at radius 2 is 2.27 bits per heavy atom. The summed E-state index contributed by atoms with van der Waals surface area (Å²) < 4.78 is 18.1. The van der Waals surface area contributed by atoms with Crippen molar-refractivity contribution in [2.75, 3.05) is 7.05 Å². The van der Waals surface area contributed by atoms with E-state index in [4.69, 9.17) is 4.52 Å². The molecule has 0 aliphatic rings. The van der Waals surface area contributed by atoms with Gasteiger partial charge in [0, 0.05) is 12.5 Å².